The van der Waals surface area contributed by atoms with Gasteiger partial charge in [0.25, 0.3) is 0 Å². The van der Waals surface area contributed by atoms with Crippen LogP contribution in [0.3, 0.4) is 0 Å². The van der Waals surface area contributed by atoms with Gasteiger partial charge in [-0.1, -0.05) is 227 Å². The number of carbonyl (C=O) groups is 2. The monoisotopic (exact) mass is 916 g/mol. The number of amides is 1. The number of esters is 1. The van der Waals surface area contributed by atoms with Crippen LogP contribution in [0.2, 0.25) is 0 Å². The molecule has 1 saturated carbocycles. The van der Waals surface area contributed by atoms with Crippen LogP contribution in [-0.4, -0.2) is 73.6 Å². The van der Waals surface area contributed by atoms with E-state index in [0.29, 0.717) is 31.3 Å². The van der Waals surface area contributed by atoms with Crippen molar-refractivity contribution in [2.75, 3.05) is 45.9 Å². The predicted octanol–water partition coefficient (Wildman–Crippen LogP) is 17.3. The molecule has 6 nitrogen and oxygen atoms in total. The summed E-state index contributed by atoms with van der Waals surface area (Å²) in [6.07, 6.45) is 53.1. The molecule has 1 N–H and O–H groups in total. The minimum atomic E-state index is 0.0231. The van der Waals surface area contributed by atoms with Crippen LogP contribution < -0.4 is 5.32 Å². The highest BCUT2D eigenvalue weighted by Gasteiger charge is 2.20. The van der Waals surface area contributed by atoms with Crippen molar-refractivity contribution >= 4 is 11.9 Å². The largest absolute Gasteiger partial charge is 0.465 e. The van der Waals surface area contributed by atoms with Crippen LogP contribution in [0.15, 0.2) is 0 Å². The first kappa shape index (κ1) is 61.9. The van der Waals surface area contributed by atoms with Crippen molar-refractivity contribution in [3.05, 3.63) is 0 Å². The lowest BCUT2D eigenvalue weighted by Crippen LogP contribution is -2.41. The lowest BCUT2D eigenvalue weighted by atomic mass is 9.94. The van der Waals surface area contributed by atoms with Crippen molar-refractivity contribution in [2.24, 2.45) is 11.8 Å². The molecule has 0 bridgehead atoms. The van der Waals surface area contributed by atoms with E-state index >= 15 is 0 Å². The van der Waals surface area contributed by atoms with Crippen LogP contribution in [0.25, 0.3) is 0 Å². The van der Waals surface area contributed by atoms with Crippen molar-refractivity contribution in [1.82, 2.24) is 15.1 Å². The number of nitrogens with zero attached hydrogens (tertiary/aromatic N) is 2. The molecule has 0 unspecified atom stereocenters. The molecule has 1 fully saturated rings. The Hall–Kier alpha value is -1.14. The zero-order chi connectivity index (χ0) is 47.1. The number of hydrogen-bond donors (Lipinski definition) is 1. The molecule has 386 valence electrons. The standard InChI is InChI=1S/C59H117N3O3/c1-6-11-15-19-23-31-41-55(42-32-24-20-16-12-7-2)53-60-58(63)47-37-29-39-49-61(51-52-62(10-5)57-45-35-27-28-36-46-57)50-40-30-38-48-59(64)65-54-56(43-33-25-21-17-13-8-3)44-34-26-22-18-14-9-4/h55-57H,6-54H2,1-5H3,(H,60,63). The fraction of sp³-hybridized carbons (Fsp3) is 0.966. The van der Waals surface area contributed by atoms with E-state index in [9.17, 15) is 9.59 Å². The second-order valence-corrected chi connectivity index (χ2v) is 21.2. The molecule has 0 saturated heterocycles. The first-order valence-corrected chi connectivity index (χ1v) is 29.9. The normalized spacial score (nSPS) is 13.7. The van der Waals surface area contributed by atoms with Crippen molar-refractivity contribution in [1.29, 1.82) is 0 Å². The summed E-state index contributed by atoms with van der Waals surface area (Å²) in [6.45, 7) is 18.7. The van der Waals surface area contributed by atoms with Gasteiger partial charge in [-0.05, 0) is 95.7 Å². The third-order valence-corrected chi connectivity index (χ3v) is 15.1. The number of unbranched alkanes of at least 4 members (excludes halogenated alkanes) is 24. The fourth-order valence-corrected chi connectivity index (χ4v) is 10.5. The Bertz CT molecular complexity index is 905. The van der Waals surface area contributed by atoms with Crippen LogP contribution in [0.5, 0.6) is 0 Å². The Morgan fingerprint density at radius 3 is 1.34 bits per heavy atom. The summed E-state index contributed by atoms with van der Waals surface area (Å²) in [6, 6.07) is 0.751. The second-order valence-electron chi connectivity index (χ2n) is 21.2. The minimum absolute atomic E-state index is 0.0231. The van der Waals surface area contributed by atoms with E-state index in [1.165, 1.54) is 218 Å². The van der Waals surface area contributed by atoms with Crippen LogP contribution in [0, 0.1) is 11.8 Å². The van der Waals surface area contributed by atoms with Crippen molar-refractivity contribution in [2.45, 2.75) is 310 Å². The molecular weight excluding hydrogens is 799 g/mol. The molecule has 0 atom stereocenters. The maximum atomic E-state index is 13.1. The first-order valence-electron chi connectivity index (χ1n) is 29.9. The molecule has 1 aliphatic carbocycles. The molecule has 0 aliphatic heterocycles. The quantitative estimate of drug-likeness (QED) is 0.0374. The number of nitrogens with one attached hydrogen (secondary N) is 1. The molecule has 0 aromatic heterocycles. The van der Waals surface area contributed by atoms with E-state index in [1.807, 2.05) is 0 Å². The Morgan fingerprint density at radius 2 is 0.877 bits per heavy atom. The maximum absolute atomic E-state index is 13.1. The van der Waals surface area contributed by atoms with Gasteiger partial charge in [0.15, 0.2) is 0 Å². The molecule has 0 heterocycles. The van der Waals surface area contributed by atoms with Crippen molar-refractivity contribution in [3.8, 4) is 0 Å². The van der Waals surface area contributed by atoms with E-state index < -0.39 is 0 Å². The van der Waals surface area contributed by atoms with Gasteiger partial charge in [0, 0.05) is 38.5 Å². The number of hydrogen-bond acceptors (Lipinski definition) is 5. The van der Waals surface area contributed by atoms with Crippen LogP contribution in [0.4, 0.5) is 0 Å². The second kappa shape index (κ2) is 47.9. The average molecular weight is 917 g/mol. The smallest absolute Gasteiger partial charge is 0.305 e. The number of carbonyl (C=O) groups excluding carboxylic acids is 2. The maximum Gasteiger partial charge on any atom is 0.305 e. The van der Waals surface area contributed by atoms with Gasteiger partial charge in [-0.15, -0.1) is 0 Å². The van der Waals surface area contributed by atoms with Gasteiger partial charge in [-0.2, -0.15) is 0 Å². The summed E-state index contributed by atoms with van der Waals surface area (Å²) in [5.74, 6) is 1.47. The highest BCUT2D eigenvalue weighted by atomic mass is 16.5. The highest BCUT2D eigenvalue weighted by molar-refractivity contribution is 5.75. The van der Waals surface area contributed by atoms with Crippen LogP contribution in [-0.2, 0) is 14.3 Å². The molecule has 1 aliphatic rings. The summed E-state index contributed by atoms with van der Waals surface area (Å²) in [5.41, 5.74) is 0. The van der Waals surface area contributed by atoms with Crippen LogP contribution >= 0.6 is 0 Å². The van der Waals surface area contributed by atoms with Gasteiger partial charge < -0.3 is 15.0 Å². The molecule has 6 heteroatoms. The van der Waals surface area contributed by atoms with E-state index in [-0.39, 0.29) is 11.9 Å². The zero-order valence-corrected chi connectivity index (χ0v) is 45.0. The summed E-state index contributed by atoms with van der Waals surface area (Å²) < 4.78 is 5.96. The van der Waals surface area contributed by atoms with E-state index in [1.54, 1.807) is 0 Å². The van der Waals surface area contributed by atoms with Gasteiger partial charge in [-0.25, -0.2) is 0 Å². The van der Waals surface area contributed by atoms with Gasteiger partial charge in [0.05, 0.1) is 6.61 Å². The molecule has 65 heavy (non-hydrogen) atoms. The topological polar surface area (TPSA) is 61.9 Å². The van der Waals surface area contributed by atoms with E-state index in [0.717, 1.165) is 83.8 Å². The molecule has 0 spiro atoms. The number of ether oxygens (including phenoxy) is 1. The Balaban J connectivity index is 2.57. The molecule has 0 aromatic carbocycles. The molecule has 1 amide bonds. The molecule has 1 rings (SSSR count). The van der Waals surface area contributed by atoms with Gasteiger partial charge >= 0.3 is 5.97 Å². The van der Waals surface area contributed by atoms with Gasteiger partial charge in [-0.3, -0.25) is 14.5 Å². The zero-order valence-electron chi connectivity index (χ0n) is 45.0. The Kier molecular flexibility index (Phi) is 45.6. The SMILES string of the molecule is CCCCCCCCC(CCCCCCCC)CNC(=O)CCCCCN(CCCCCC(=O)OCC(CCCCCCCC)CCCCCCCC)CCN(CC)C1CCCCCC1. The molecular formula is C59H117N3O3. The van der Waals surface area contributed by atoms with Gasteiger partial charge in [0.2, 0.25) is 5.91 Å². The summed E-state index contributed by atoms with van der Waals surface area (Å²) in [4.78, 5) is 31.5. The molecule has 0 radical (unpaired) electrons. The summed E-state index contributed by atoms with van der Waals surface area (Å²) in [7, 11) is 0. The third-order valence-electron chi connectivity index (χ3n) is 15.1. The van der Waals surface area contributed by atoms with Crippen molar-refractivity contribution in [3.63, 3.8) is 0 Å². The van der Waals surface area contributed by atoms with E-state index in [4.69, 9.17) is 4.74 Å². The number of rotatable bonds is 49. The summed E-state index contributed by atoms with van der Waals surface area (Å²) >= 11 is 0. The van der Waals surface area contributed by atoms with Gasteiger partial charge in [0.1, 0.15) is 0 Å². The summed E-state index contributed by atoms with van der Waals surface area (Å²) in [5, 5.41) is 3.38. The lowest BCUT2D eigenvalue weighted by Gasteiger charge is -2.32. The lowest BCUT2D eigenvalue weighted by molar-refractivity contribution is -0.145. The fourth-order valence-electron chi connectivity index (χ4n) is 10.5. The Morgan fingerprint density at radius 1 is 0.462 bits per heavy atom. The third kappa shape index (κ3) is 39.4. The molecule has 0 aromatic rings. The Labute approximate surface area is 407 Å². The minimum Gasteiger partial charge on any atom is -0.465 e. The van der Waals surface area contributed by atoms with Crippen molar-refractivity contribution < 1.29 is 14.3 Å². The highest BCUT2D eigenvalue weighted by Crippen LogP contribution is 2.24. The average Bonchev–Trinajstić information content (AvgIpc) is 3.60. The van der Waals surface area contributed by atoms with Crippen LogP contribution in [0.1, 0.15) is 304 Å². The predicted molar refractivity (Wildman–Crippen MR) is 285 cm³/mol. The first-order chi connectivity index (χ1) is 32.0. The number of likely N-dealkylation sites (N-methyl/N-ethyl adjacent to an activating group) is 1. The van der Waals surface area contributed by atoms with E-state index in [2.05, 4.69) is 49.7 Å².